The van der Waals surface area contributed by atoms with Crippen LogP contribution < -0.4 is 0 Å². The zero-order chi connectivity index (χ0) is 11.8. The van der Waals surface area contributed by atoms with Gasteiger partial charge in [-0.25, -0.2) is 13.2 Å². The Bertz CT molecular complexity index is 198. The monoisotopic (exact) mass is 230 g/mol. The zero-order valence-electron chi connectivity index (χ0n) is 9.30. The van der Waals surface area contributed by atoms with E-state index in [0.29, 0.717) is 0 Å². The quantitative estimate of drug-likeness (QED) is 0.619. The lowest BCUT2D eigenvalue weighted by molar-refractivity contribution is -0.188. The molecule has 1 atom stereocenters. The number of alkyl halides is 4. The molecular weight excluding hydrogens is 213 g/mol. The third kappa shape index (κ3) is 2.02. The van der Waals surface area contributed by atoms with Crippen LogP contribution in [-0.2, 0) is 0 Å². The maximum absolute atomic E-state index is 13.7. The molecule has 0 fully saturated rings. The highest BCUT2D eigenvalue weighted by Gasteiger charge is 2.63. The predicted octanol–water partition coefficient (Wildman–Crippen LogP) is 4.62. The van der Waals surface area contributed by atoms with E-state index in [1.165, 1.54) is 27.7 Å². The molecule has 0 bridgehead atoms. The second-order valence-electron chi connectivity index (χ2n) is 4.59. The molecule has 0 saturated heterocycles. The standard InChI is InChI=1S/C10H18ClF3/c1-6-8(4,5)10(13,14)9(11,12)7(2)3/h7H,6H2,1-5H3. The highest BCUT2D eigenvalue weighted by atomic mass is 35.5. The van der Waals surface area contributed by atoms with Crippen LogP contribution in [0.25, 0.3) is 0 Å². The number of hydrogen-bond acceptors (Lipinski definition) is 0. The van der Waals surface area contributed by atoms with Crippen molar-refractivity contribution in [2.45, 2.75) is 52.1 Å². The van der Waals surface area contributed by atoms with E-state index >= 15 is 0 Å². The van der Waals surface area contributed by atoms with Crippen molar-refractivity contribution in [1.82, 2.24) is 0 Å². The summed E-state index contributed by atoms with van der Waals surface area (Å²) in [4.78, 5) is 0. The van der Waals surface area contributed by atoms with Gasteiger partial charge in [-0.15, -0.1) is 0 Å². The molecule has 0 amide bonds. The summed E-state index contributed by atoms with van der Waals surface area (Å²) in [6, 6.07) is 0. The van der Waals surface area contributed by atoms with Gasteiger partial charge in [-0.1, -0.05) is 46.2 Å². The Morgan fingerprint density at radius 2 is 1.50 bits per heavy atom. The van der Waals surface area contributed by atoms with Crippen LogP contribution in [0.2, 0.25) is 0 Å². The highest BCUT2D eigenvalue weighted by Crippen LogP contribution is 2.53. The van der Waals surface area contributed by atoms with Crippen LogP contribution in [0.15, 0.2) is 0 Å². The van der Waals surface area contributed by atoms with Gasteiger partial charge >= 0.3 is 0 Å². The van der Waals surface area contributed by atoms with Crippen LogP contribution in [0.4, 0.5) is 13.2 Å². The molecule has 0 saturated carbocycles. The fourth-order valence-electron chi connectivity index (χ4n) is 1.04. The molecule has 14 heavy (non-hydrogen) atoms. The molecule has 86 valence electrons. The molecule has 0 heterocycles. The Morgan fingerprint density at radius 1 is 1.14 bits per heavy atom. The first-order valence-electron chi connectivity index (χ1n) is 4.76. The summed E-state index contributed by atoms with van der Waals surface area (Å²) < 4.78 is 41.1. The van der Waals surface area contributed by atoms with Crippen molar-refractivity contribution in [1.29, 1.82) is 0 Å². The van der Waals surface area contributed by atoms with Gasteiger partial charge < -0.3 is 0 Å². The van der Waals surface area contributed by atoms with Crippen LogP contribution >= 0.6 is 11.6 Å². The summed E-state index contributed by atoms with van der Waals surface area (Å²) in [5, 5.41) is -2.98. The molecule has 0 aromatic rings. The van der Waals surface area contributed by atoms with Gasteiger partial charge in [0.2, 0.25) is 5.13 Å². The normalized spacial score (nSPS) is 18.4. The van der Waals surface area contributed by atoms with E-state index in [1.807, 2.05) is 0 Å². The van der Waals surface area contributed by atoms with Crippen LogP contribution in [0.3, 0.4) is 0 Å². The summed E-state index contributed by atoms with van der Waals surface area (Å²) in [5.41, 5.74) is -1.44. The molecule has 0 aromatic heterocycles. The second-order valence-corrected chi connectivity index (χ2v) is 5.14. The fourth-order valence-corrected chi connectivity index (χ4v) is 1.29. The Labute approximate surface area is 88.8 Å². The second kappa shape index (κ2) is 3.92. The lowest BCUT2D eigenvalue weighted by Crippen LogP contribution is -2.53. The fraction of sp³-hybridized carbons (Fsp3) is 1.00. The molecule has 0 aliphatic heterocycles. The summed E-state index contributed by atoms with van der Waals surface area (Å²) in [5.74, 6) is -4.46. The topological polar surface area (TPSA) is 0 Å². The van der Waals surface area contributed by atoms with E-state index < -0.39 is 22.4 Å². The SMILES string of the molecule is CCC(C)(C)C(F)(F)C(F)(Cl)C(C)C. The van der Waals surface area contributed by atoms with Crippen molar-refractivity contribution < 1.29 is 13.2 Å². The molecule has 1 unspecified atom stereocenters. The van der Waals surface area contributed by atoms with Gasteiger partial charge in [-0.05, 0) is 6.42 Å². The third-order valence-electron chi connectivity index (χ3n) is 2.88. The molecule has 0 rings (SSSR count). The minimum atomic E-state index is -3.54. The first-order chi connectivity index (χ1) is 6.00. The minimum Gasteiger partial charge on any atom is -0.219 e. The van der Waals surface area contributed by atoms with Crippen molar-refractivity contribution in [3.8, 4) is 0 Å². The summed E-state index contributed by atoms with van der Waals surface area (Å²) in [6.07, 6.45) is 0.172. The van der Waals surface area contributed by atoms with Gasteiger partial charge in [0.25, 0.3) is 5.92 Å². The van der Waals surface area contributed by atoms with Crippen molar-refractivity contribution in [3.63, 3.8) is 0 Å². The molecule has 0 aliphatic rings. The lowest BCUT2D eigenvalue weighted by Gasteiger charge is -2.41. The van der Waals surface area contributed by atoms with E-state index in [-0.39, 0.29) is 6.42 Å². The number of rotatable bonds is 4. The molecule has 0 N–H and O–H groups in total. The molecular formula is C10H18ClF3. The van der Waals surface area contributed by atoms with E-state index in [1.54, 1.807) is 6.92 Å². The van der Waals surface area contributed by atoms with Gasteiger partial charge in [0, 0.05) is 11.3 Å². The third-order valence-corrected chi connectivity index (χ3v) is 3.55. The maximum Gasteiger partial charge on any atom is 0.300 e. The largest absolute Gasteiger partial charge is 0.300 e. The lowest BCUT2D eigenvalue weighted by atomic mass is 9.78. The number of halogens is 4. The summed E-state index contributed by atoms with van der Waals surface area (Å²) in [7, 11) is 0. The van der Waals surface area contributed by atoms with Crippen LogP contribution in [-0.4, -0.2) is 11.1 Å². The molecule has 0 radical (unpaired) electrons. The van der Waals surface area contributed by atoms with Gasteiger partial charge in [0.1, 0.15) is 0 Å². The summed E-state index contributed by atoms with van der Waals surface area (Å²) >= 11 is 5.31. The zero-order valence-corrected chi connectivity index (χ0v) is 10.1. The molecule has 0 spiro atoms. The van der Waals surface area contributed by atoms with E-state index in [4.69, 9.17) is 11.6 Å². The maximum atomic E-state index is 13.7. The Hall–Kier alpha value is 0.0800. The van der Waals surface area contributed by atoms with Gasteiger partial charge in [-0.3, -0.25) is 0 Å². The predicted molar refractivity (Wildman–Crippen MR) is 53.5 cm³/mol. The van der Waals surface area contributed by atoms with Crippen LogP contribution in [0.1, 0.15) is 41.0 Å². The summed E-state index contributed by atoms with van der Waals surface area (Å²) in [6.45, 7) is 6.96. The van der Waals surface area contributed by atoms with Gasteiger partial charge in [0.05, 0.1) is 0 Å². The van der Waals surface area contributed by atoms with E-state index in [9.17, 15) is 13.2 Å². The minimum absolute atomic E-state index is 0.172. The molecule has 0 nitrogen and oxygen atoms in total. The average Bonchev–Trinajstić information content (AvgIpc) is 2.03. The van der Waals surface area contributed by atoms with E-state index in [0.717, 1.165) is 0 Å². The Kier molecular flexibility index (Phi) is 3.94. The molecule has 4 heteroatoms. The van der Waals surface area contributed by atoms with Crippen molar-refractivity contribution in [2.75, 3.05) is 0 Å². The molecule has 0 aromatic carbocycles. The van der Waals surface area contributed by atoms with Crippen LogP contribution in [0, 0.1) is 11.3 Å². The van der Waals surface area contributed by atoms with E-state index in [2.05, 4.69) is 0 Å². The van der Waals surface area contributed by atoms with Crippen molar-refractivity contribution >= 4 is 11.6 Å². The first kappa shape index (κ1) is 14.1. The van der Waals surface area contributed by atoms with Crippen LogP contribution in [0.5, 0.6) is 0 Å². The Balaban J connectivity index is 5.14. The molecule has 0 aliphatic carbocycles. The van der Waals surface area contributed by atoms with Crippen molar-refractivity contribution in [2.24, 2.45) is 11.3 Å². The average molecular weight is 231 g/mol. The highest BCUT2D eigenvalue weighted by molar-refractivity contribution is 6.23. The van der Waals surface area contributed by atoms with Gasteiger partial charge in [-0.2, -0.15) is 0 Å². The van der Waals surface area contributed by atoms with Gasteiger partial charge in [0.15, 0.2) is 0 Å². The Morgan fingerprint density at radius 3 is 1.71 bits per heavy atom. The number of hydrogen-bond donors (Lipinski definition) is 0. The first-order valence-corrected chi connectivity index (χ1v) is 5.14. The smallest absolute Gasteiger partial charge is 0.219 e. The van der Waals surface area contributed by atoms with Crippen molar-refractivity contribution in [3.05, 3.63) is 0 Å².